The highest BCUT2D eigenvalue weighted by Crippen LogP contribution is 2.24. The van der Waals surface area contributed by atoms with E-state index >= 15 is 0 Å². The number of oxazole rings is 1. The third kappa shape index (κ3) is 3.55. The molecule has 1 aliphatic rings. The van der Waals surface area contributed by atoms with Gasteiger partial charge in [0.1, 0.15) is 17.3 Å². The predicted molar refractivity (Wildman–Crippen MR) is 91.9 cm³/mol. The summed E-state index contributed by atoms with van der Waals surface area (Å²) in [6.45, 7) is 0.673. The smallest absolute Gasteiger partial charge is 0.307 e. The molecule has 3 heterocycles. The maximum Gasteiger partial charge on any atom is 0.307 e. The van der Waals surface area contributed by atoms with Crippen molar-refractivity contribution in [3.05, 3.63) is 83.1 Å². The molecule has 8 heteroatoms. The molecule has 4 rings (SSSR count). The number of carbonyl (C=O) groups excluding carboxylic acids is 2. The number of amides is 2. The first-order chi connectivity index (χ1) is 13.1. The zero-order chi connectivity index (χ0) is 18.8. The molecule has 0 spiro atoms. The van der Waals surface area contributed by atoms with Crippen LogP contribution in [0, 0.1) is 5.82 Å². The van der Waals surface area contributed by atoms with E-state index in [0.29, 0.717) is 22.6 Å². The number of benzene rings is 1. The number of halogens is 1. The first kappa shape index (κ1) is 16.9. The molecule has 1 aliphatic heterocycles. The van der Waals surface area contributed by atoms with Crippen LogP contribution in [0.25, 0.3) is 0 Å². The van der Waals surface area contributed by atoms with Crippen LogP contribution in [0.5, 0.6) is 0 Å². The fourth-order valence-electron chi connectivity index (χ4n) is 2.86. The maximum atomic E-state index is 13.2. The molecule has 27 heavy (non-hydrogen) atoms. The second-order valence-corrected chi connectivity index (χ2v) is 6.10. The van der Waals surface area contributed by atoms with Crippen molar-refractivity contribution in [3.63, 3.8) is 0 Å². The molecule has 0 radical (unpaired) electrons. The van der Waals surface area contributed by atoms with Gasteiger partial charge in [-0.1, -0.05) is 12.1 Å². The highest BCUT2D eigenvalue weighted by atomic mass is 19.1. The summed E-state index contributed by atoms with van der Waals surface area (Å²) in [6.07, 6.45) is 3.10. The van der Waals surface area contributed by atoms with Crippen LogP contribution in [0.1, 0.15) is 38.1 Å². The Balaban J connectivity index is 1.39. The van der Waals surface area contributed by atoms with E-state index in [1.54, 1.807) is 35.4 Å². The molecule has 0 atom stereocenters. The Morgan fingerprint density at radius 1 is 1.22 bits per heavy atom. The average Bonchev–Trinajstić information content (AvgIpc) is 3.25. The SMILES string of the molecule is O=C(NCc1cccc(F)c1)c1nc2c(o1)CN(C(=O)c1cccnc1)C2. The van der Waals surface area contributed by atoms with Gasteiger partial charge in [0.25, 0.3) is 11.8 Å². The third-order valence-electron chi connectivity index (χ3n) is 4.19. The lowest BCUT2D eigenvalue weighted by atomic mass is 10.2. The van der Waals surface area contributed by atoms with Crippen molar-refractivity contribution in [2.45, 2.75) is 19.6 Å². The Hall–Kier alpha value is -3.55. The molecule has 2 aromatic heterocycles. The first-order valence-electron chi connectivity index (χ1n) is 8.30. The Labute approximate surface area is 153 Å². The second kappa shape index (κ2) is 6.99. The summed E-state index contributed by atoms with van der Waals surface area (Å²) in [5.41, 5.74) is 1.68. The quantitative estimate of drug-likeness (QED) is 0.765. The van der Waals surface area contributed by atoms with Gasteiger partial charge < -0.3 is 14.6 Å². The molecular weight excluding hydrogens is 351 g/mol. The number of hydrogen-bond donors (Lipinski definition) is 1. The molecule has 136 valence electrons. The minimum Gasteiger partial charge on any atom is -0.435 e. The van der Waals surface area contributed by atoms with E-state index in [4.69, 9.17) is 4.42 Å². The van der Waals surface area contributed by atoms with Gasteiger partial charge in [0.2, 0.25) is 0 Å². The minimum absolute atomic E-state index is 0.0649. The third-order valence-corrected chi connectivity index (χ3v) is 4.19. The number of nitrogens with one attached hydrogen (secondary N) is 1. The summed E-state index contributed by atoms with van der Waals surface area (Å²) >= 11 is 0. The number of pyridine rings is 1. The van der Waals surface area contributed by atoms with Crippen LogP contribution in [0.15, 0.2) is 53.2 Å². The van der Waals surface area contributed by atoms with Gasteiger partial charge in [0, 0.05) is 18.9 Å². The topological polar surface area (TPSA) is 88.3 Å². The van der Waals surface area contributed by atoms with E-state index in [1.165, 1.54) is 18.3 Å². The Bertz CT molecular complexity index is 980. The van der Waals surface area contributed by atoms with Crippen LogP contribution in [-0.2, 0) is 19.6 Å². The highest BCUT2D eigenvalue weighted by molar-refractivity contribution is 5.94. The van der Waals surface area contributed by atoms with Crippen molar-refractivity contribution in [2.75, 3.05) is 0 Å². The number of fused-ring (bicyclic) bond motifs is 1. The molecule has 1 aromatic carbocycles. The van der Waals surface area contributed by atoms with Crippen molar-refractivity contribution in [2.24, 2.45) is 0 Å². The van der Waals surface area contributed by atoms with E-state index in [-0.39, 0.29) is 37.2 Å². The molecule has 3 aromatic rings. The first-order valence-corrected chi connectivity index (χ1v) is 8.30. The maximum absolute atomic E-state index is 13.2. The van der Waals surface area contributed by atoms with Crippen LogP contribution in [-0.4, -0.2) is 26.7 Å². The number of carbonyl (C=O) groups is 2. The molecule has 2 amide bonds. The number of rotatable bonds is 4. The van der Waals surface area contributed by atoms with Crippen LogP contribution in [0.2, 0.25) is 0 Å². The van der Waals surface area contributed by atoms with Gasteiger partial charge >= 0.3 is 5.91 Å². The molecule has 0 bridgehead atoms. The Morgan fingerprint density at radius 2 is 2.11 bits per heavy atom. The lowest BCUT2D eigenvalue weighted by Gasteiger charge is -2.14. The predicted octanol–water partition coefficient (Wildman–Crippen LogP) is 2.29. The van der Waals surface area contributed by atoms with Crippen molar-refractivity contribution in [1.82, 2.24) is 20.2 Å². The van der Waals surface area contributed by atoms with Crippen LogP contribution in [0.3, 0.4) is 0 Å². The van der Waals surface area contributed by atoms with E-state index in [9.17, 15) is 14.0 Å². The summed E-state index contributed by atoms with van der Waals surface area (Å²) in [5, 5.41) is 2.64. The van der Waals surface area contributed by atoms with Crippen molar-refractivity contribution in [1.29, 1.82) is 0 Å². The lowest BCUT2D eigenvalue weighted by Crippen LogP contribution is -2.26. The summed E-state index contributed by atoms with van der Waals surface area (Å²) in [4.78, 5) is 34.3. The van der Waals surface area contributed by atoms with Crippen LogP contribution in [0.4, 0.5) is 4.39 Å². The van der Waals surface area contributed by atoms with Gasteiger partial charge in [-0.25, -0.2) is 9.37 Å². The van der Waals surface area contributed by atoms with E-state index in [1.807, 2.05) is 0 Å². The minimum atomic E-state index is -0.487. The van der Waals surface area contributed by atoms with E-state index in [2.05, 4.69) is 15.3 Å². The average molecular weight is 366 g/mol. The van der Waals surface area contributed by atoms with Crippen molar-refractivity contribution < 1.29 is 18.4 Å². The zero-order valence-corrected chi connectivity index (χ0v) is 14.2. The Kier molecular flexibility index (Phi) is 4.37. The lowest BCUT2D eigenvalue weighted by molar-refractivity contribution is 0.0740. The van der Waals surface area contributed by atoms with Crippen LogP contribution >= 0.6 is 0 Å². The number of aromatic nitrogens is 2. The monoisotopic (exact) mass is 366 g/mol. The fourth-order valence-corrected chi connectivity index (χ4v) is 2.86. The zero-order valence-electron chi connectivity index (χ0n) is 14.2. The van der Waals surface area contributed by atoms with Gasteiger partial charge in [-0.2, -0.15) is 0 Å². The van der Waals surface area contributed by atoms with Gasteiger partial charge in [-0.05, 0) is 29.8 Å². The van der Waals surface area contributed by atoms with Crippen LogP contribution < -0.4 is 5.32 Å². The summed E-state index contributed by atoms with van der Waals surface area (Å²) < 4.78 is 18.7. The van der Waals surface area contributed by atoms with Gasteiger partial charge in [0.05, 0.1) is 18.7 Å². The normalized spacial score (nSPS) is 12.7. The fraction of sp³-hybridized carbons (Fsp3) is 0.158. The molecule has 7 nitrogen and oxygen atoms in total. The molecule has 1 N–H and O–H groups in total. The van der Waals surface area contributed by atoms with Crippen molar-refractivity contribution in [3.8, 4) is 0 Å². The molecule has 0 fully saturated rings. The van der Waals surface area contributed by atoms with E-state index in [0.717, 1.165) is 0 Å². The van der Waals surface area contributed by atoms with Crippen molar-refractivity contribution >= 4 is 11.8 Å². The molecule has 0 saturated heterocycles. The summed E-state index contributed by atoms with van der Waals surface area (Å²) in [7, 11) is 0. The van der Waals surface area contributed by atoms with Gasteiger partial charge in [-0.15, -0.1) is 0 Å². The van der Waals surface area contributed by atoms with E-state index < -0.39 is 5.91 Å². The molecular formula is C19H15FN4O3. The van der Waals surface area contributed by atoms with Gasteiger partial charge in [-0.3, -0.25) is 14.6 Å². The molecule has 0 aliphatic carbocycles. The second-order valence-electron chi connectivity index (χ2n) is 6.10. The summed E-state index contributed by atoms with van der Waals surface area (Å²) in [6, 6.07) is 9.35. The highest BCUT2D eigenvalue weighted by Gasteiger charge is 2.30. The number of hydrogen-bond acceptors (Lipinski definition) is 5. The standard InChI is InChI=1S/C19H15FN4O3/c20-14-5-1-3-12(7-14)8-22-17(25)18-23-15-10-24(11-16(15)27-18)19(26)13-4-2-6-21-9-13/h1-7,9H,8,10-11H2,(H,22,25). The molecule has 0 unspecified atom stereocenters. The number of nitrogens with zero attached hydrogens (tertiary/aromatic N) is 3. The molecule has 0 saturated carbocycles. The largest absolute Gasteiger partial charge is 0.435 e. The van der Waals surface area contributed by atoms with Gasteiger partial charge in [0.15, 0.2) is 0 Å². The summed E-state index contributed by atoms with van der Waals surface area (Å²) in [5.74, 6) is -0.601. The Morgan fingerprint density at radius 3 is 2.85 bits per heavy atom.